The van der Waals surface area contributed by atoms with Gasteiger partial charge in [0.05, 0.1) is 5.69 Å². The van der Waals surface area contributed by atoms with E-state index in [-0.39, 0.29) is 0 Å². The molecule has 6 nitrogen and oxygen atoms in total. The van der Waals surface area contributed by atoms with Crippen LogP contribution in [0.15, 0.2) is 43.0 Å². The highest BCUT2D eigenvalue weighted by Gasteiger charge is 2.20. The summed E-state index contributed by atoms with van der Waals surface area (Å²) >= 11 is 0. The summed E-state index contributed by atoms with van der Waals surface area (Å²) in [6.07, 6.45) is 8.25. The number of hydrogen-bond donors (Lipinski definition) is 0. The van der Waals surface area contributed by atoms with E-state index in [1.165, 1.54) is 5.56 Å². The van der Waals surface area contributed by atoms with Crippen LogP contribution in [0.4, 0.5) is 5.82 Å². The summed E-state index contributed by atoms with van der Waals surface area (Å²) in [7, 11) is 4.13. The largest absolute Gasteiger partial charge is 0.487 e. The van der Waals surface area contributed by atoms with Crippen LogP contribution >= 0.6 is 0 Å². The molecule has 26 heavy (non-hydrogen) atoms. The highest BCUT2D eigenvalue weighted by molar-refractivity contribution is 5.52. The van der Waals surface area contributed by atoms with Gasteiger partial charge in [-0.3, -0.25) is 0 Å². The number of aryl methyl sites for hydroxylation is 2. The molecule has 0 saturated heterocycles. The van der Waals surface area contributed by atoms with Gasteiger partial charge in [-0.1, -0.05) is 18.2 Å². The molecule has 0 atom stereocenters. The molecule has 0 N–H and O–H groups in total. The van der Waals surface area contributed by atoms with E-state index in [0.29, 0.717) is 6.61 Å². The van der Waals surface area contributed by atoms with E-state index in [4.69, 9.17) is 4.74 Å². The van der Waals surface area contributed by atoms with E-state index in [1.807, 2.05) is 37.6 Å². The second-order valence-electron chi connectivity index (χ2n) is 6.68. The smallest absolute Gasteiger partial charge is 0.135 e. The van der Waals surface area contributed by atoms with Gasteiger partial charge >= 0.3 is 0 Å². The number of aromatic nitrogens is 4. The molecule has 0 amide bonds. The lowest BCUT2D eigenvalue weighted by Gasteiger charge is -2.21. The number of hydrogen-bond acceptors (Lipinski definition) is 5. The lowest BCUT2D eigenvalue weighted by molar-refractivity contribution is 0.302. The lowest BCUT2D eigenvalue weighted by Crippen LogP contribution is -2.23. The Morgan fingerprint density at radius 2 is 2.08 bits per heavy atom. The number of ether oxygens (including phenoxy) is 1. The molecule has 1 aliphatic rings. The molecule has 0 spiro atoms. The molecule has 0 radical (unpaired) electrons. The second-order valence-corrected chi connectivity index (χ2v) is 6.68. The molecule has 6 heteroatoms. The Kier molecular flexibility index (Phi) is 4.56. The maximum atomic E-state index is 5.93. The second kappa shape index (κ2) is 7.15. The van der Waals surface area contributed by atoms with Crippen LogP contribution in [-0.2, 0) is 26.5 Å². The van der Waals surface area contributed by atoms with Crippen molar-refractivity contribution >= 4 is 5.82 Å². The van der Waals surface area contributed by atoms with Crippen molar-refractivity contribution < 1.29 is 4.74 Å². The molecule has 0 fully saturated rings. The number of anilines is 1. The normalized spacial score (nSPS) is 12.7. The third-order valence-corrected chi connectivity index (χ3v) is 4.89. The van der Waals surface area contributed by atoms with Gasteiger partial charge in [-0.15, -0.1) is 0 Å². The zero-order valence-corrected chi connectivity index (χ0v) is 15.2. The van der Waals surface area contributed by atoms with Gasteiger partial charge in [0.25, 0.3) is 0 Å². The van der Waals surface area contributed by atoms with Crippen molar-refractivity contribution in [3.63, 3.8) is 0 Å². The SMILES string of the molecule is CN(CCCc1nccn1C)c1ncnc2c1Cc1ccccc1OC2. The van der Waals surface area contributed by atoms with Crippen molar-refractivity contribution in [3.8, 4) is 5.75 Å². The Balaban J connectivity index is 1.52. The van der Waals surface area contributed by atoms with E-state index in [1.54, 1.807) is 6.33 Å². The quantitative estimate of drug-likeness (QED) is 0.709. The molecular weight excluding hydrogens is 326 g/mol. The molecule has 0 saturated carbocycles. The Hall–Kier alpha value is -2.89. The maximum Gasteiger partial charge on any atom is 0.135 e. The van der Waals surface area contributed by atoms with E-state index in [9.17, 15) is 0 Å². The average Bonchev–Trinajstić information content (AvgIpc) is 2.96. The van der Waals surface area contributed by atoms with Gasteiger partial charge in [-0.2, -0.15) is 0 Å². The fraction of sp³-hybridized carbons (Fsp3) is 0.350. The van der Waals surface area contributed by atoms with E-state index in [0.717, 1.165) is 54.5 Å². The first-order valence-electron chi connectivity index (χ1n) is 8.93. The molecule has 4 rings (SSSR count). The molecule has 0 unspecified atom stereocenters. The monoisotopic (exact) mass is 349 g/mol. The molecule has 3 aromatic rings. The van der Waals surface area contributed by atoms with Crippen LogP contribution in [0.2, 0.25) is 0 Å². The first kappa shape index (κ1) is 16.6. The lowest BCUT2D eigenvalue weighted by atomic mass is 10.0. The van der Waals surface area contributed by atoms with Crippen molar-refractivity contribution in [3.05, 3.63) is 65.6 Å². The van der Waals surface area contributed by atoms with Crippen molar-refractivity contribution in [2.75, 3.05) is 18.5 Å². The molecule has 0 aliphatic carbocycles. The fourth-order valence-corrected chi connectivity index (χ4v) is 3.42. The summed E-state index contributed by atoms with van der Waals surface area (Å²) in [6, 6.07) is 8.19. The molecule has 1 aliphatic heterocycles. The Bertz CT molecular complexity index is 905. The number of benzene rings is 1. The minimum Gasteiger partial charge on any atom is -0.487 e. The van der Waals surface area contributed by atoms with Crippen molar-refractivity contribution in [2.24, 2.45) is 7.05 Å². The van der Waals surface area contributed by atoms with Crippen LogP contribution in [0.5, 0.6) is 5.75 Å². The Morgan fingerprint density at radius 3 is 2.92 bits per heavy atom. The number of para-hydroxylation sites is 1. The van der Waals surface area contributed by atoms with E-state index < -0.39 is 0 Å². The third-order valence-electron chi connectivity index (χ3n) is 4.89. The first-order valence-corrected chi connectivity index (χ1v) is 8.93. The van der Waals surface area contributed by atoms with Gasteiger partial charge in [0, 0.05) is 51.4 Å². The third kappa shape index (κ3) is 3.27. The van der Waals surface area contributed by atoms with Gasteiger partial charge in [0.1, 0.15) is 30.3 Å². The van der Waals surface area contributed by atoms with Crippen LogP contribution in [0.25, 0.3) is 0 Å². The zero-order valence-electron chi connectivity index (χ0n) is 15.2. The van der Waals surface area contributed by atoms with Crippen LogP contribution in [0.1, 0.15) is 29.1 Å². The van der Waals surface area contributed by atoms with Gasteiger partial charge in [0.2, 0.25) is 0 Å². The van der Waals surface area contributed by atoms with Gasteiger partial charge < -0.3 is 14.2 Å². The first-order chi connectivity index (χ1) is 12.7. The summed E-state index contributed by atoms with van der Waals surface area (Å²) in [6.45, 7) is 1.40. The summed E-state index contributed by atoms with van der Waals surface area (Å²) in [5.41, 5.74) is 3.32. The van der Waals surface area contributed by atoms with Crippen molar-refractivity contribution in [1.29, 1.82) is 0 Å². The fourth-order valence-electron chi connectivity index (χ4n) is 3.42. The summed E-state index contributed by atoms with van der Waals surface area (Å²) in [5.74, 6) is 3.05. The maximum absolute atomic E-state index is 5.93. The number of nitrogens with zero attached hydrogens (tertiary/aromatic N) is 5. The topological polar surface area (TPSA) is 56.1 Å². The van der Waals surface area contributed by atoms with Crippen LogP contribution in [0.3, 0.4) is 0 Å². The highest BCUT2D eigenvalue weighted by Crippen LogP contribution is 2.31. The van der Waals surface area contributed by atoms with Crippen LogP contribution in [0, 0.1) is 0 Å². The van der Waals surface area contributed by atoms with Crippen LogP contribution in [-0.4, -0.2) is 33.1 Å². The van der Waals surface area contributed by atoms with Gasteiger partial charge in [0.15, 0.2) is 0 Å². The highest BCUT2D eigenvalue weighted by atomic mass is 16.5. The predicted molar refractivity (Wildman–Crippen MR) is 100 cm³/mol. The minimum absolute atomic E-state index is 0.489. The van der Waals surface area contributed by atoms with E-state index in [2.05, 4.69) is 37.5 Å². The minimum atomic E-state index is 0.489. The average molecular weight is 349 g/mol. The van der Waals surface area contributed by atoms with Gasteiger partial charge in [-0.25, -0.2) is 15.0 Å². The standard InChI is InChI=1S/C20H23N5O/c1-24-11-9-21-19(24)8-5-10-25(2)20-16-12-15-6-3-4-7-18(15)26-13-17(16)22-14-23-20/h3-4,6-7,9,11,14H,5,8,10,12-13H2,1-2H3. The summed E-state index contributed by atoms with van der Waals surface area (Å²) in [4.78, 5) is 15.7. The predicted octanol–water partition coefficient (Wildman–Crippen LogP) is 2.76. The van der Waals surface area contributed by atoms with Crippen molar-refractivity contribution in [1.82, 2.24) is 19.5 Å². The molecule has 0 bridgehead atoms. The molecule has 2 aromatic heterocycles. The molecule has 134 valence electrons. The molecular formula is C20H23N5O. The number of fused-ring (bicyclic) bond motifs is 2. The molecule has 1 aromatic carbocycles. The Labute approximate surface area is 153 Å². The molecule has 3 heterocycles. The van der Waals surface area contributed by atoms with Crippen LogP contribution < -0.4 is 9.64 Å². The van der Waals surface area contributed by atoms with Gasteiger partial charge in [-0.05, 0) is 18.1 Å². The number of imidazole rings is 1. The van der Waals surface area contributed by atoms with E-state index >= 15 is 0 Å². The number of rotatable bonds is 5. The Morgan fingerprint density at radius 1 is 1.19 bits per heavy atom. The zero-order chi connectivity index (χ0) is 17.9. The summed E-state index contributed by atoms with van der Waals surface area (Å²) < 4.78 is 8.01. The van der Waals surface area contributed by atoms with Crippen molar-refractivity contribution in [2.45, 2.75) is 25.9 Å². The summed E-state index contributed by atoms with van der Waals surface area (Å²) in [5, 5.41) is 0.